The monoisotopic (exact) mass is 409 g/mol. The maximum absolute atomic E-state index is 13.3. The predicted molar refractivity (Wildman–Crippen MR) is 122 cm³/mol. The first-order chi connectivity index (χ1) is 14.4. The summed E-state index contributed by atoms with van der Waals surface area (Å²) in [6.45, 7) is 6.71. The highest BCUT2D eigenvalue weighted by molar-refractivity contribution is 6.09. The van der Waals surface area contributed by atoms with Gasteiger partial charge in [0.25, 0.3) is 5.91 Å². The lowest BCUT2D eigenvalue weighted by molar-refractivity contribution is 0.0989. The average molecular weight is 410 g/mol. The Morgan fingerprint density at radius 2 is 2.13 bits per heavy atom. The summed E-state index contributed by atoms with van der Waals surface area (Å²) < 4.78 is 0. The third-order valence-corrected chi connectivity index (χ3v) is 5.05. The summed E-state index contributed by atoms with van der Waals surface area (Å²) in [7, 11) is 3.95. The number of benzene rings is 1. The van der Waals surface area contributed by atoms with Crippen LogP contribution >= 0.6 is 0 Å². The van der Waals surface area contributed by atoms with Gasteiger partial charge in [0.1, 0.15) is 11.4 Å². The maximum atomic E-state index is 13.3. The van der Waals surface area contributed by atoms with E-state index in [4.69, 9.17) is 5.73 Å². The highest BCUT2D eigenvalue weighted by atomic mass is 16.2. The van der Waals surface area contributed by atoms with Crippen LogP contribution in [0.5, 0.6) is 0 Å². The number of nitrogens with two attached hydrogens (primary N) is 1. The first-order valence-electron chi connectivity index (χ1n) is 10.3. The molecule has 3 rings (SSSR count). The molecule has 0 radical (unpaired) electrons. The molecular weight excluding hydrogens is 378 g/mol. The van der Waals surface area contributed by atoms with Crippen molar-refractivity contribution in [3.05, 3.63) is 53.5 Å². The van der Waals surface area contributed by atoms with Gasteiger partial charge in [-0.2, -0.15) is 4.98 Å². The van der Waals surface area contributed by atoms with Gasteiger partial charge in [-0.3, -0.25) is 4.79 Å². The minimum absolute atomic E-state index is 0.0852. The molecule has 2 aromatic rings. The second kappa shape index (κ2) is 9.47. The quantitative estimate of drug-likeness (QED) is 0.726. The van der Waals surface area contributed by atoms with E-state index in [2.05, 4.69) is 32.3 Å². The van der Waals surface area contributed by atoms with E-state index < -0.39 is 0 Å². The molecule has 30 heavy (non-hydrogen) atoms. The number of carbonyl (C=O) groups excluding carboxylic acids is 1. The molecule has 1 aliphatic rings. The summed E-state index contributed by atoms with van der Waals surface area (Å²) in [6, 6.07) is 8.07. The molecule has 0 saturated carbocycles. The standard InChI is InChI=1S/C22H31N7O/c1-5-17(23)15-27(3)14-16-8-7-9-18(12-16)29-11-10-28(4)20-19(21(29)30)13-25-22(26-20)24-6-2/h7-9,12-13,15H,5-6,10-11,14,23H2,1-4H3,(H,24,25,26)/b17-15-. The SMILES string of the molecule is CCNc1ncc2c(n1)N(C)CCN(c1cccc(CN(C)/C=C(\N)CC)c1)C2=O. The van der Waals surface area contributed by atoms with Crippen molar-refractivity contribution in [1.29, 1.82) is 0 Å². The second-order valence-electron chi connectivity index (χ2n) is 7.48. The second-order valence-corrected chi connectivity index (χ2v) is 7.48. The summed E-state index contributed by atoms with van der Waals surface area (Å²) in [6.07, 6.45) is 4.39. The Morgan fingerprint density at radius 3 is 2.87 bits per heavy atom. The first-order valence-corrected chi connectivity index (χ1v) is 10.3. The Labute approximate surface area is 178 Å². The molecule has 160 valence electrons. The molecule has 2 heterocycles. The van der Waals surface area contributed by atoms with Gasteiger partial charge in [-0.05, 0) is 31.0 Å². The van der Waals surface area contributed by atoms with E-state index in [-0.39, 0.29) is 5.91 Å². The molecular formula is C22H31N7O. The maximum Gasteiger partial charge on any atom is 0.263 e. The number of anilines is 3. The smallest absolute Gasteiger partial charge is 0.263 e. The van der Waals surface area contributed by atoms with Crippen molar-refractivity contribution in [3.63, 3.8) is 0 Å². The van der Waals surface area contributed by atoms with Crippen LogP contribution in [0.1, 0.15) is 36.2 Å². The van der Waals surface area contributed by atoms with Gasteiger partial charge >= 0.3 is 0 Å². The molecule has 1 aromatic carbocycles. The van der Waals surface area contributed by atoms with Gasteiger partial charge in [0.15, 0.2) is 0 Å². The first kappa shape index (κ1) is 21.4. The Bertz CT molecular complexity index is 927. The van der Waals surface area contributed by atoms with Gasteiger partial charge in [0, 0.05) is 64.1 Å². The van der Waals surface area contributed by atoms with E-state index in [0.717, 1.165) is 29.9 Å². The highest BCUT2D eigenvalue weighted by Crippen LogP contribution is 2.27. The number of aromatic nitrogens is 2. The Balaban J connectivity index is 1.86. The molecule has 1 amide bonds. The normalized spacial score (nSPS) is 14.4. The van der Waals surface area contributed by atoms with Gasteiger partial charge in [0.2, 0.25) is 5.95 Å². The van der Waals surface area contributed by atoms with Crippen molar-refractivity contribution in [1.82, 2.24) is 14.9 Å². The van der Waals surface area contributed by atoms with E-state index in [1.807, 2.05) is 51.2 Å². The van der Waals surface area contributed by atoms with Crippen molar-refractivity contribution < 1.29 is 4.79 Å². The Kier molecular flexibility index (Phi) is 6.76. The fraction of sp³-hybridized carbons (Fsp3) is 0.409. The van der Waals surface area contributed by atoms with Gasteiger partial charge in [-0.25, -0.2) is 4.98 Å². The van der Waals surface area contributed by atoms with Gasteiger partial charge < -0.3 is 25.8 Å². The van der Waals surface area contributed by atoms with Crippen molar-refractivity contribution >= 4 is 23.4 Å². The van der Waals surface area contributed by atoms with Crippen molar-refractivity contribution in [3.8, 4) is 0 Å². The fourth-order valence-electron chi connectivity index (χ4n) is 3.44. The summed E-state index contributed by atoms with van der Waals surface area (Å²) in [5.41, 5.74) is 9.28. The van der Waals surface area contributed by atoms with Crippen molar-refractivity contribution in [2.24, 2.45) is 5.73 Å². The summed E-state index contributed by atoms with van der Waals surface area (Å²) >= 11 is 0. The zero-order valence-corrected chi connectivity index (χ0v) is 18.2. The lowest BCUT2D eigenvalue weighted by Crippen LogP contribution is -2.33. The van der Waals surface area contributed by atoms with Crippen LogP contribution in [0.25, 0.3) is 0 Å². The third-order valence-electron chi connectivity index (χ3n) is 5.05. The number of carbonyl (C=O) groups is 1. The zero-order chi connectivity index (χ0) is 21.7. The Morgan fingerprint density at radius 1 is 1.33 bits per heavy atom. The molecule has 0 bridgehead atoms. The minimum Gasteiger partial charge on any atom is -0.401 e. The third kappa shape index (κ3) is 4.82. The number of hydrogen-bond donors (Lipinski definition) is 2. The molecule has 1 aromatic heterocycles. The molecule has 0 spiro atoms. The zero-order valence-electron chi connectivity index (χ0n) is 18.2. The van der Waals surface area contributed by atoms with Gasteiger partial charge in [-0.15, -0.1) is 0 Å². The highest BCUT2D eigenvalue weighted by Gasteiger charge is 2.28. The van der Waals surface area contributed by atoms with Crippen LogP contribution in [0, 0.1) is 0 Å². The number of likely N-dealkylation sites (N-methyl/N-ethyl adjacent to an activating group) is 1. The molecule has 8 nitrogen and oxygen atoms in total. The molecule has 1 aliphatic heterocycles. The topological polar surface area (TPSA) is 90.6 Å². The molecule has 0 fully saturated rings. The van der Waals surface area contributed by atoms with Gasteiger partial charge in [-0.1, -0.05) is 19.1 Å². The predicted octanol–water partition coefficient (Wildman–Crippen LogP) is 2.65. The number of hydrogen-bond acceptors (Lipinski definition) is 7. The van der Waals surface area contributed by atoms with E-state index in [9.17, 15) is 4.79 Å². The molecule has 0 atom stereocenters. The summed E-state index contributed by atoms with van der Waals surface area (Å²) in [5.74, 6) is 1.11. The van der Waals surface area contributed by atoms with E-state index in [1.165, 1.54) is 0 Å². The molecule has 8 heteroatoms. The lowest BCUT2D eigenvalue weighted by atomic mass is 10.1. The van der Waals surface area contributed by atoms with E-state index in [1.54, 1.807) is 11.1 Å². The largest absolute Gasteiger partial charge is 0.401 e. The molecule has 0 aliphatic carbocycles. The minimum atomic E-state index is -0.0852. The number of nitrogens with zero attached hydrogens (tertiary/aromatic N) is 5. The molecule has 0 saturated heterocycles. The van der Waals surface area contributed by atoms with Crippen LogP contribution < -0.4 is 20.9 Å². The van der Waals surface area contributed by atoms with Crippen LogP contribution in [0.15, 0.2) is 42.4 Å². The molecule has 3 N–H and O–H groups in total. The van der Waals surface area contributed by atoms with Crippen LogP contribution in [-0.4, -0.2) is 54.5 Å². The number of nitrogens with one attached hydrogen (secondary N) is 1. The fourth-order valence-corrected chi connectivity index (χ4v) is 3.44. The average Bonchev–Trinajstić information content (AvgIpc) is 2.85. The van der Waals surface area contributed by atoms with Crippen LogP contribution in [0.3, 0.4) is 0 Å². The number of amides is 1. The van der Waals surface area contributed by atoms with Crippen molar-refractivity contribution in [2.45, 2.75) is 26.8 Å². The number of fused-ring (bicyclic) bond motifs is 1. The number of rotatable bonds is 7. The summed E-state index contributed by atoms with van der Waals surface area (Å²) in [4.78, 5) is 28.1. The van der Waals surface area contributed by atoms with Crippen LogP contribution in [0.2, 0.25) is 0 Å². The lowest BCUT2D eigenvalue weighted by Gasteiger charge is -2.22. The van der Waals surface area contributed by atoms with Crippen molar-refractivity contribution in [2.75, 3.05) is 48.8 Å². The van der Waals surface area contributed by atoms with E-state index in [0.29, 0.717) is 37.0 Å². The Hall–Kier alpha value is -3.29. The van der Waals surface area contributed by atoms with Gasteiger partial charge in [0.05, 0.1) is 0 Å². The molecule has 0 unspecified atom stereocenters. The summed E-state index contributed by atoms with van der Waals surface area (Å²) in [5, 5.41) is 3.11. The van der Waals surface area contributed by atoms with Crippen LogP contribution in [0.4, 0.5) is 17.5 Å². The number of allylic oxidation sites excluding steroid dienone is 1. The van der Waals surface area contributed by atoms with E-state index >= 15 is 0 Å². The van der Waals surface area contributed by atoms with Crippen LogP contribution in [-0.2, 0) is 6.54 Å².